The van der Waals surface area contributed by atoms with Gasteiger partial charge in [-0.2, -0.15) is 0 Å². The third kappa shape index (κ3) is 9.68. The molecule has 4 aliphatic rings. The topological polar surface area (TPSA) is 95.0 Å². The van der Waals surface area contributed by atoms with Gasteiger partial charge in [-0.1, -0.05) is 14.9 Å². The van der Waals surface area contributed by atoms with Crippen LogP contribution in [0.5, 0.6) is 23.3 Å². The number of aromatic nitrogens is 4. The summed E-state index contributed by atoms with van der Waals surface area (Å²) in [6.45, 7) is 19.5. The molecule has 4 aromatic heterocycles. The molecule has 4 atom stereocenters. The SMILES string of the molecule is C.C.Cc1cc([C@H]2CCCN([C@@H](C)c3ccc4c(n3)OCCO4)C2)cc(C)n1.Cc1cc([C@H]2CCCN([C@H](C)c3ccc4c(n3)OCCO4)C2)cc(C)n1. The van der Waals surface area contributed by atoms with E-state index in [2.05, 4.69) is 97.7 Å². The van der Waals surface area contributed by atoms with Gasteiger partial charge in [-0.05, 0) is 152 Å². The molecule has 8 heterocycles. The summed E-state index contributed by atoms with van der Waals surface area (Å²) < 4.78 is 22.5. The van der Waals surface area contributed by atoms with Crippen LogP contribution >= 0.6 is 0 Å². The Kier molecular flexibility index (Phi) is 13.9. The second-order valence-corrected chi connectivity index (χ2v) is 14.9. The second-order valence-electron chi connectivity index (χ2n) is 14.9. The number of fused-ring (bicyclic) bond motifs is 2. The van der Waals surface area contributed by atoms with Crippen molar-refractivity contribution in [1.29, 1.82) is 0 Å². The number of hydrogen-bond donors (Lipinski definition) is 0. The standard InChI is InChI=1S/2C21H27N3O2.2CH4/c2*1-14-11-18(12-15(2)22-14)17-5-4-8-24(13-17)16(3)19-6-7-20-21(23-19)26-10-9-25-20;;/h2*6-7,11-12,16-17H,4-5,8-10,13H2,1-3H3;2*1H4/t16-,17+;16-,17-;;/m10../s1. The zero-order valence-corrected chi connectivity index (χ0v) is 31.7. The fourth-order valence-electron chi connectivity index (χ4n) is 8.20. The van der Waals surface area contributed by atoms with Crippen molar-refractivity contribution in [3.8, 4) is 23.3 Å². The van der Waals surface area contributed by atoms with Gasteiger partial charge in [0.1, 0.15) is 26.4 Å². The fraction of sp³-hybridized carbons (Fsp3) is 0.545. The lowest BCUT2D eigenvalue weighted by atomic mass is 9.89. The Balaban J connectivity index is 0.000000200. The van der Waals surface area contributed by atoms with Crippen LogP contribution in [-0.2, 0) is 0 Å². The van der Waals surface area contributed by atoms with Crippen LogP contribution in [0.3, 0.4) is 0 Å². The monoisotopic (exact) mass is 738 g/mol. The molecule has 4 aromatic rings. The average molecular weight is 739 g/mol. The quantitative estimate of drug-likeness (QED) is 0.191. The molecule has 2 saturated heterocycles. The fourth-order valence-corrected chi connectivity index (χ4v) is 8.20. The molecule has 0 amide bonds. The van der Waals surface area contributed by atoms with E-state index in [1.54, 1.807) is 0 Å². The normalized spacial score (nSPS) is 20.6. The Morgan fingerprint density at radius 1 is 0.537 bits per heavy atom. The summed E-state index contributed by atoms with van der Waals surface area (Å²) in [4.78, 5) is 23.6. The Hall–Kier alpha value is -4.28. The highest BCUT2D eigenvalue weighted by Gasteiger charge is 2.29. The molecular formula is C44H62N6O4. The summed E-state index contributed by atoms with van der Waals surface area (Å²) in [5.74, 6) is 3.90. The first-order valence-corrected chi connectivity index (χ1v) is 19.1. The summed E-state index contributed by atoms with van der Waals surface area (Å²) in [5, 5.41) is 0. The maximum atomic E-state index is 5.66. The van der Waals surface area contributed by atoms with E-state index in [1.807, 2.05) is 12.1 Å². The molecule has 8 rings (SSSR count). The van der Waals surface area contributed by atoms with E-state index in [-0.39, 0.29) is 26.9 Å². The van der Waals surface area contributed by atoms with E-state index in [4.69, 9.17) is 28.9 Å². The molecule has 4 aliphatic heterocycles. The predicted molar refractivity (Wildman–Crippen MR) is 215 cm³/mol. The summed E-state index contributed by atoms with van der Waals surface area (Å²) >= 11 is 0. The number of aryl methyl sites for hydroxylation is 4. The largest absolute Gasteiger partial charge is 0.484 e. The van der Waals surface area contributed by atoms with Crippen molar-refractivity contribution in [2.45, 2.75) is 106 Å². The highest BCUT2D eigenvalue weighted by atomic mass is 16.6. The van der Waals surface area contributed by atoms with Crippen LogP contribution in [0.4, 0.5) is 0 Å². The van der Waals surface area contributed by atoms with Crippen LogP contribution < -0.4 is 18.9 Å². The van der Waals surface area contributed by atoms with Gasteiger partial charge in [-0.15, -0.1) is 0 Å². The minimum atomic E-state index is 0. The van der Waals surface area contributed by atoms with Crippen molar-refractivity contribution >= 4 is 0 Å². The van der Waals surface area contributed by atoms with E-state index in [1.165, 1.54) is 36.8 Å². The molecule has 10 heteroatoms. The first-order chi connectivity index (χ1) is 25.2. The van der Waals surface area contributed by atoms with Crippen molar-refractivity contribution in [2.24, 2.45) is 0 Å². The molecule has 0 spiro atoms. The maximum absolute atomic E-state index is 5.66. The van der Waals surface area contributed by atoms with Crippen LogP contribution in [0.25, 0.3) is 0 Å². The smallest absolute Gasteiger partial charge is 0.257 e. The lowest BCUT2D eigenvalue weighted by Gasteiger charge is -2.37. The molecule has 0 unspecified atom stereocenters. The van der Waals surface area contributed by atoms with Gasteiger partial charge >= 0.3 is 0 Å². The van der Waals surface area contributed by atoms with Gasteiger partial charge in [-0.25, -0.2) is 9.97 Å². The van der Waals surface area contributed by atoms with Gasteiger partial charge in [0, 0.05) is 47.9 Å². The molecule has 0 radical (unpaired) electrons. The summed E-state index contributed by atoms with van der Waals surface area (Å²) in [7, 11) is 0. The van der Waals surface area contributed by atoms with Crippen molar-refractivity contribution in [2.75, 3.05) is 52.6 Å². The Labute approximate surface area is 323 Å². The number of nitrogens with zero attached hydrogens (tertiary/aromatic N) is 6. The van der Waals surface area contributed by atoms with E-state index in [0.717, 1.165) is 71.8 Å². The van der Waals surface area contributed by atoms with Gasteiger partial charge in [0.05, 0.1) is 11.4 Å². The van der Waals surface area contributed by atoms with E-state index >= 15 is 0 Å². The predicted octanol–water partition coefficient (Wildman–Crippen LogP) is 8.88. The number of rotatable bonds is 6. The third-order valence-corrected chi connectivity index (χ3v) is 10.9. The molecule has 10 nitrogen and oxygen atoms in total. The Morgan fingerprint density at radius 3 is 1.30 bits per heavy atom. The molecule has 0 aromatic carbocycles. The number of likely N-dealkylation sites (tertiary alicyclic amines) is 2. The highest BCUT2D eigenvalue weighted by molar-refractivity contribution is 5.37. The first-order valence-electron chi connectivity index (χ1n) is 19.1. The van der Waals surface area contributed by atoms with E-state index in [9.17, 15) is 0 Å². The van der Waals surface area contributed by atoms with Crippen molar-refractivity contribution in [1.82, 2.24) is 29.7 Å². The molecular weight excluding hydrogens is 677 g/mol. The number of piperidine rings is 2. The zero-order valence-electron chi connectivity index (χ0n) is 31.7. The summed E-state index contributed by atoms with van der Waals surface area (Å²) in [5.41, 5.74) is 9.38. The number of pyridine rings is 4. The molecule has 0 aliphatic carbocycles. The minimum Gasteiger partial charge on any atom is -0.484 e. The van der Waals surface area contributed by atoms with Gasteiger partial charge in [0.25, 0.3) is 11.8 Å². The molecule has 0 saturated carbocycles. The average Bonchev–Trinajstić information content (AvgIpc) is 3.16. The Morgan fingerprint density at radius 2 is 0.907 bits per heavy atom. The van der Waals surface area contributed by atoms with Crippen LogP contribution in [0.2, 0.25) is 0 Å². The molecule has 54 heavy (non-hydrogen) atoms. The molecule has 0 N–H and O–H groups in total. The second kappa shape index (κ2) is 18.4. The summed E-state index contributed by atoms with van der Waals surface area (Å²) in [6, 6.07) is 17.6. The zero-order chi connectivity index (χ0) is 36.2. The first kappa shape index (κ1) is 40.9. The van der Waals surface area contributed by atoms with E-state index in [0.29, 0.717) is 50.0 Å². The third-order valence-electron chi connectivity index (χ3n) is 10.9. The van der Waals surface area contributed by atoms with Crippen LogP contribution in [0.15, 0.2) is 48.5 Å². The van der Waals surface area contributed by atoms with Gasteiger partial charge in [-0.3, -0.25) is 19.8 Å². The minimum absolute atomic E-state index is 0. The van der Waals surface area contributed by atoms with Gasteiger partial charge in [0.15, 0.2) is 11.5 Å². The van der Waals surface area contributed by atoms with Crippen LogP contribution in [-0.4, -0.2) is 82.3 Å². The van der Waals surface area contributed by atoms with Crippen LogP contribution in [0, 0.1) is 27.7 Å². The highest BCUT2D eigenvalue weighted by Crippen LogP contribution is 2.36. The maximum Gasteiger partial charge on any atom is 0.257 e. The molecule has 292 valence electrons. The molecule has 0 bridgehead atoms. The van der Waals surface area contributed by atoms with Crippen LogP contribution in [0.1, 0.15) is 124 Å². The number of ether oxygens (including phenoxy) is 4. The molecule has 2 fully saturated rings. The number of hydrogen-bond acceptors (Lipinski definition) is 10. The van der Waals surface area contributed by atoms with Gasteiger partial charge < -0.3 is 18.9 Å². The lowest BCUT2D eigenvalue weighted by Crippen LogP contribution is -2.36. The van der Waals surface area contributed by atoms with Crippen molar-refractivity contribution < 1.29 is 18.9 Å². The Bertz CT molecular complexity index is 1680. The summed E-state index contributed by atoms with van der Waals surface area (Å²) in [6.07, 6.45) is 4.89. The van der Waals surface area contributed by atoms with Crippen molar-refractivity contribution in [3.05, 3.63) is 93.8 Å². The lowest BCUT2D eigenvalue weighted by molar-refractivity contribution is 0.147. The van der Waals surface area contributed by atoms with E-state index < -0.39 is 0 Å². The van der Waals surface area contributed by atoms with Gasteiger partial charge in [0.2, 0.25) is 0 Å². The van der Waals surface area contributed by atoms with Crippen molar-refractivity contribution in [3.63, 3.8) is 0 Å².